The first-order valence-corrected chi connectivity index (χ1v) is 6.87. The number of likely N-dealkylation sites (tertiary alicyclic amines) is 1. The second-order valence-corrected chi connectivity index (χ2v) is 5.76. The Morgan fingerprint density at radius 3 is 2.90 bits per heavy atom. The van der Waals surface area contributed by atoms with Crippen molar-refractivity contribution < 1.29 is 9.84 Å². The lowest BCUT2D eigenvalue weighted by Gasteiger charge is -2.36. The number of nitrogens with one attached hydrogen (secondary N) is 1. The van der Waals surface area contributed by atoms with Crippen molar-refractivity contribution >= 4 is 5.84 Å². The van der Waals surface area contributed by atoms with E-state index in [1.165, 1.54) is 0 Å². The van der Waals surface area contributed by atoms with Gasteiger partial charge in [0.2, 0.25) is 0 Å². The van der Waals surface area contributed by atoms with Crippen molar-refractivity contribution in [2.75, 3.05) is 20.2 Å². The van der Waals surface area contributed by atoms with Crippen LogP contribution in [0.1, 0.15) is 30.9 Å². The maximum absolute atomic E-state index is 10.1. The molecule has 1 fully saturated rings. The summed E-state index contributed by atoms with van der Waals surface area (Å²) in [5.74, 6) is 0.626. The third-order valence-corrected chi connectivity index (χ3v) is 3.71. The minimum Gasteiger partial charge on any atom is -0.496 e. The molecule has 0 radical (unpaired) electrons. The summed E-state index contributed by atoms with van der Waals surface area (Å²) < 4.78 is 5.21. The fraction of sp³-hybridized carbons (Fsp3) is 0.533. The van der Waals surface area contributed by atoms with Gasteiger partial charge in [0.25, 0.3) is 0 Å². The lowest BCUT2D eigenvalue weighted by atomic mass is 9.94. The molecule has 0 bridgehead atoms. The summed E-state index contributed by atoms with van der Waals surface area (Å²) in [6.45, 7) is 4.29. The van der Waals surface area contributed by atoms with E-state index in [9.17, 15) is 5.11 Å². The van der Waals surface area contributed by atoms with Crippen LogP contribution in [0.15, 0.2) is 18.2 Å². The molecular formula is C15H23N3O2. The molecule has 1 saturated heterocycles. The molecule has 5 nitrogen and oxygen atoms in total. The van der Waals surface area contributed by atoms with Gasteiger partial charge in [0.05, 0.1) is 18.3 Å². The zero-order valence-electron chi connectivity index (χ0n) is 12.1. The first-order chi connectivity index (χ1) is 9.41. The molecule has 0 amide bonds. The number of nitrogens with two attached hydrogens (primary N) is 1. The molecule has 1 heterocycles. The van der Waals surface area contributed by atoms with E-state index >= 15 is 0 Å². The molecule has 2 rings (SSSR count). The molecule has 0 spiro atoms. The summed E-state index contributed by atoms with van der Waals surface area (Å²) in [7, 11) is 1.57. The Bertz CT molecular complexity index is 500. The Balaban J connectivity index is 2.13. The normalized spacial score (nSPS) is 23.6. The zero-order chi connectivity index (χ0) is 14.8. The van der Waals surface area contributed by atoms with E-state index in [4.69, 9.17) is 15.9 Å². The number of β-amino-alcohol motifs (C(OH)–C–C–N with tert-alkyl or cyclic N) is 1. The summed E-state index contributed by atoms with van der Waals surface area (Å²) in [5, 5.41) is 17.7. The van der Waals surface area contributed by atoms with E-state index < -0.39 is 5.60 Å². The predicted octanol–water partition coefficient (Wildman–Crippen LogP) is 1.33. The Labute approximate surface area is 119 Å². The number of amidine groups is 1. The van der Waals surface area contributed by atoms with Crippen molar-refractivity contribution in [3.8, 4) is 5.75 Å². The second kappa shape index (κ2) is 5.81. The summed E-state index contributed by atoms with van der Waals surface area (Å²) >= 11 is 0. The molecule has 110 valence electrons. The highest BCUT2D eigenvalue weighted by atomic mass is 16.5. The van der Waals surface area contributed by atoms with Crippen LogP contribution in [0.3, 0.4) is 0 Å². The number of aliphatic hydroxyl groups is 1. The van der Waals surface area contributed by atoms with Gasteiger partial charge >= 0.3 is 0 Å². The van der Waals surface area contributed by atoms with E-state index in [0.29, 0.717) is 17.9 Å². The number of hydrogen-bond donors (Lipinski definition) is 3. The summed E-state index contributed by atoms with van der Waals surface area (Å²) in [5.41, 5.74) is 6.68. The van der Waals surface area contributed by atoms with Crippen LogP contribution in [0.2, 0.25) is 0 Å². The number of ether oxygens (including phenoxy) is 1. The number of nitrogens with zero attached hydrogens (tertiary/aromatic N) is 1. The third-order valence-electron chi connectivity index (χ3n) is 3.71. The third kappa shape index (κ3) is 3.49. The zero-order valence-corrected chi connectivity index (χ0v) is 12.1. The molecule has 1 aromatic rings. The fourth-order valence-electron chi connectivity index (χ4n) is 2.78. The standard InChI is InChI=1S/C15H23N3O2/c1-15(19)6-3-7-18(10-15)9-11-4-5-13(20-2)12(8-11)14(16)17/h4-5,8,19H,3,6-7,9-10H2,1-2H3,(H3,16,17). The van der Waals surface area contributed by atoms with E-state index in [1.54, 1.807) is 7.11 Å². The van der Waals surface area contributed by atoms with Crippen LogP contribution in [0.5, 0.6) is 5.75 Å². The largest absolute Gasteiger partial charge is 0.496 e. The van der Waals surface area contributed by atoms with Gasteiger partial charge in [0, 0.05) is 13.1 Å². The quantitative estimate of drug-likeness (QED) is 0.572. The van der Waals surface area contributed by atoms with Crippen LogP contribution in [0.4, 0.5) is 0 Å². The Hall–Kier alpha value is -1.59. The van der Waals surface area contributed by atoms with Crippen molar-refractivity contribution in [2.45, 2.75) is 31.9 Å². The highest BCUT2D eigenvalue weighted by Crippen LogP contribution is 2.24. The smallest absolute Gasteiger partial charge is 0.129 e. The van der Waals surface area contributed by atoms with E-state index in [0.717, 1.165) is 31.5 Å². The average Bonchev–Trinajstić information content (AvgIpc) is 2.37. The molecule has 1 aliphatic heterocycles. The van der Waals surface area contributed by atoms with Gasteiger partial charge in [-0.1, -0.05) is 6.07 Å². The highest BCUT2D eigenvalue weighted by Gasteiger charge is 2.28. The Morgan fingerprint density at radius 1 is 1.55 bits per heavy atom. The minimum absolute atomic E-state index is 0.00865. The van der Waals surface area contributed by atoms with Gasteiger partial charge in [-0.15, -0.1) is 0 Å². The maximum Gasteiger partial charge on any atom is 0.129 e. The first kappa shape index (κ1) is 14.8. The maximum atomic E-state index is 10.1. The summed E-state index contributed by atoms with van der Waals surface area (Å²) in [4.78, 5) is 2.23. The van der Waals surface area contributed by atoms with Crippen LogP contribution in [0, 0.1) is 5.41 Å². The molecule has 1 atom stereocenters. The van der Waals surface area contributed by atoms with Gasteiger partial charge in [-0.2, -0.15) is 0 Å². The molecular weight excluding hydrogens is 254 g/mol. The van der Waals surface area contributed by atoms with Crippen LogP contribution in [-0.2, 0) is 6.54 Å². The number of nitrogen functional groups attached to an aromatic ring is 1. The fourth-order valence-corrected chi connectivity index (χ4v) is 2.78. The average molecular weight is 277 g/mol. The van der Waals surface area contributed by atoms with Crippen LogP contribution in [-0.4, -0.2) is 41.6 Å². The lowest BCUT2D eigenvalue weighted by molar-refractivity contribution is -0.0181. The Morgan fingerprint density at radius 2 is 2.30 bits per heavy atom. The van der Waals surface area contributed by atoms with E-state index in [1.807, 2.05) is 25.1 Å². The van der Waals surface area contributed by atoms with Crippen LogP contribution >= 0.6 is 0 Å². The number of methoxy groups -OCH3 is 1. The van der Waals surface area contributed by atoms with Gasteiger partial charge in [-0.3, -0.25) is 10.3 Å². The second-order valence-electron chi connectivity index (χ2n) is 5.76. The predicted molar refractivity (Wildman–Crippen MR) is 79.1 cm³/mol. The van der Waals surface area contributed by atoms with Crippen molar-refractivity contribution in [3.63, 3.8) is 0 Å². The summed E-state index contributed by atoms with van der Waals surface area (Å²) in [6.07, 6.45) is 1.85. The molecule has 0 aromatic heterocycles. The number of piperidine rings is 1. The molecule has 1 aliphatic rings. The molecule has 1 unspecified atom stereocenters. The van der Waals surface area contributed by atoms with Crippen molar-refractivity contribution in [1.82, 2.24) is 4.90 Å². The van der Waals surface area contributed by atoms with Gasteiger partial charge in [0.1, 0.15) is 11.6 Å². The van der Waals surface area contributed by atoms with Gasteiger partial charge in [0.15, 0.2) is 0 Å². The molecule has 0 saturated carbocycles. The SMILES string of the molecule is COc1ccc(CN2CCCC(C)(O)C2)cc1C(=N)N. The van der Waals surface area contributed by atoms with E-state index in [-0.39, 0.29) is 5.84 Å². The number of hydrogen-bond acceptors (Lipinski definition) is 4. The highest BCUT2D eigenvalue weighted by molar-refractivity contribution is 5.97. The van der Waals surface area contributed by atoms with E-state index in [2.05, 4.69) is 4.90 Å². The lowest BCUT2D eigenvalue weighted by Crippen LogP contribution is -2.45. The topological polar surface area (TPSA) is 82.6 Å². The molecule has 20 heavy (non-hydrogen) atoms. The first-order valence-electron chi connectivity index (χ1n) is 6.87. The number of benzene rings is 1. The van der Waals surface area contributed by atoms with Crippen molar-refractivity contribution in [3.05, 3.63) is 29.3 Å². The molecule has 1 aromatic carbocycles. The minimum atomic E-state index is -0.603. The van der Waals surface area contributed by atoms with Gasteiger partial charge < -0.3 is 15.6 Å². The van der Waals surface area contributed by atoms with Crippen LogP contribution in [0.25, 0.3) is 0 Å². The summed E-state index contributed by atoms with van der Waals surface area (Å²) in [6, 6.07) is 5.72. The monoisotopic (exact) mass is 277 g/mol. The van der Waals surface area contributed by atoms with Crippen molar-refractivity contribution in [1.29, 1.82) is 5.41 Å². The van der Waals surface area contributed by atoms with Crippen molar-refractivity contribution in [2.24, 2.45) is 5.73 Å². The number of rotatable bonds is 4. The van der Waals surface area contributed by atoms with Gasteiger partial charge in [-0.05, 0) is 44.0 Å². The Kier molecular flexibility index (Phi) is 4.30. The molecule has 4 N–H and O–H groups in total. The molecule has 5 heteroatoms. The molecule has 0 aliphatic carbocycles. The van der Waals surface area contributed by atoms with Crippen LogP contribution < -0.4 is 10.5 Å². The van der Waals surface area contributed by atoms with Gasteiger partial charge in [-0.25, -0.2) is 0 Å².